The van der Waals surface area contributed by atoms with Gasteiger partial charge in [0.25, 0.3) is 5.78 Å². The Balaban J connectivity index is 1.65. The summed E-state index contributed by atoms with van der Waals surface area (Å²) in [5.74, 6) is -0.453. The third-order valence-electron chi connectivity index (χ3n) is 6.96. The number of rotatable bonds is 11. The van der Waals surface area contributed by atoms with E-state index in [2.05, 4.69) is 18.8 Å². The molecular formula is C33H33FN2O6S. The quantitative estimate of drug-likeness (QED) is 0.109. The van der Waals surface area contributed by atoms with Gasteiger partial charge in [-0.05, 0) is 86.3 Å². The van der Waals surface area contributed by atoms with Gasteiger partial charge in [-0.1, -0.05) is 31.3 Å². The number of amides is 1. The second-order valence-electron chi connectivity index (χ2n) is 10.4. The van der Waals surface area contributed by atoms with Crippen molar-refractivity contribution in [1.82, 2.24) is 4.98 Å². The van der Waals surface area contributed by atoms with Crippen LogP contribution in [0.5, 0.6) is 17.2 Å². The highest BCUT2D eigenvalue weighted by Crippen LogP contribution is 2.46. The van der Waals surface area contributed by atoms with Crippen LogP contribution in [-0.2, 0) is 9.59 Å². The lowest BCUT2D eigenvalue weighted by Crippen LogP contribution is -2.29. The molecule has 0 aliphatic carbocycles. The van der Waals surface area contributed by atoms with E-state index in [-0.39, 0.29) is 16.5 Å². The van der Waals surface area contributed by atoms with Gasteiger partial charge >= 0.3 is 5.91 Å². The fraction of sp³-hybridized carbons (Fsp3) is 0.303. The fourth-order valence-electron chi connectivity index (χ4n) is 4.85. The molecule has 1 saturated heterocycles. The number of hydrogen-bond donors (Lipinski definition) is 1. The smallest absolute Gasteiger partial charge is 0.301 e. The van der Waals surface area contributed by atoms with Gasteiger partial charge in [-0.15, -0.1) is 0 Å². The summed E-state index contributed by atoms with van der Waals surface area (Å²) < 4.78 is 31.9. The van der Waals surface area contributed by atoms with Crippen LogP contribution >= 0.6 is 11.3 Å². The molecule has 5 rings (SSSR count). The van der Waals surface area contributed by atoms with E-state index in [1.165, 1.54) is 23.1 Å². The second-order valence-corrected chi connectivity index (χ2v) is 11.4. The molecule has 1 aromatic heterocycles. The standard InChI is InChI=1S/C33H33FN2O6S/c1-5-40-23-11-7-20(8-12-23)30(37)28-29(21-9-14-25(26(17-21)41-6-2)42-16-15-19(3)4)36(32(39)31(28)38)33-35-24-13-10-22(34)18-27(24)43-33/h7-14,17-19,29,37H,5-6,15-16H2,1-4H3/b30-28+. The van der Waals surface area contributed by atoms with Crippen LogP contribution in [0.1, 0.15) is 51.3 Å². The predicted octanol–water partition coefficient (Wildman–Crippen LogP) is 7.28. The first-order valence-electron chi connectivity index (χ1n) is 14.2. The number of carbonyl (C=O) groups excluding carboxylic acids is 2. The lowest BCUT2D eigenvalue weighted by atomic mass is 9.95. The van der Waals surface area contributed by atoms with E-state index >= 15 is 0 Å². The summed E-state index contributed by atoms with van der Waals surface area (Å²) in [4.78, 5) is 33.1. The van der Waals surface area contributed by atoms with Gasteiger partial charge in [0, 0.05) is 5.56 Å². The minimum atomic E-state index is -1.04. The zero-order chi connectivity index (χ0) is 30.7. The van der Waals surface area contributed by atoms with Crippen LogP contribution in [-0.4, -0.2) is 41.6 Å². The van der Waals surface area contributed by atoms with E-state index < -0.39 is 23.5 Å². The normalized spacial score (nSPS) is 16.3. The number of carbonyl (C=O) groups is 2. The SMILES string of the molecule is CCOc1ccc(/C(O)=C2\C(=O)C(=O)N(c3nc4ccc(F)cc4s3)C2c2ccc(OCCC(C)C)c(OCC)c2)cc1. The maximum atomic E-state index is 14.0. The number of anilines is 1. The van der Waals surface area contributed by atoms with E-state index in [0.29, 0.717) is 64.3 Å². The average Bonchev–Trinajstić information content (AvgIpc) is 3.51. The van der Waals surface area contributed by atoms with Crippen molar-refractivity contribution in [3.8, 4) is 17.2 Å². The Kier molecular flexibility index (Phi) is 8.96. The number of aliphatic hydroxyl groups is 1. The van der Waals surface area contributed by atoms with E-state index in [9.17, 15) is 19.1 Å². The van der Waals surface area contributed by atoms with Crippen LogP contribution in [0, 0.1) is 11.7 Å². The highest BCUT2D eigenvalue weighted by molar-refractivity contribution is 7.22. The van der Waals surface area contributed by atoms with Crippen LogP contribution < -0.4 is 19.1 Å². The van der Waals surface area contributed by atoms with Crippen molar-refractivity contribution in [3.05, 3.63) is 83.2 Å². The highest BCUT2D eigenvalue weighted by atomic mass is 32.1. The van der Waals surface area contributed by atoms with Crippen LogP contribution in [0.4, 0.5) is 9.52 Å². The lowest BCUT2D eigenvalue weighted by molar-refractivity contribution is -0.132. The number of aromatic nitrogens is 1. The monoisotopic (exact) mass is 604 g/mol. The highest BCUT2D eigenvalue weighted by Gasteiger charge is 2.48. The van der Waals surface area contributed by atoms with Gasteiger partial charge in [0.2, 0.25) is 0 Å². The van der Waals surface area contributed by atoms with Crippen molar-refractivity contribution in [3.63, 3.8) is 0 Å². The zero-order valence-electron chi connectivity index (χ0n) is 24.4. The summed E-state index contributed by atoms with van der Waals surface area (Å²) in [5, 5.41) is 11.7. The molecule has 1 atom stereocenters. The Morgan fingerprint density at radius 1 is 0.977 bits per heavy atom. The minimum Gasteiger partial charge on any atom is -0.507 e. The first kappa shape index (κ1) is 30.0. The molecule has 1 unspecified atom stereocenters. The Hall–Kier alpha value is -4.44. The minimum absolute atomic E-state index is 0.101. The molecule has 8 nitrogen and oxygen atoms in total. The molecule has 0 radical (unpaired) electrons. The molecule has 1 N–H and O–H groups in total. The number of aliphatic hydroxyl groups excluding tert-OH is 1. The van der Waals surface area contributed by atoms with E-state index in [1.807, 2.05) is 13.8 Å². The van der Waals surface area contributed by atoms with Gasteiger partial charge in [-0.2, -0.15) is 0 Å². The number of halogens is 1. The fourth-order valence-corrected chi connectivity index (χ4v) is 5.87. The molecule has 43 heavy (non-hydrogen) atoms. The number of nitrogens with zero attached hydrogens (tertiary/aromatic N) is 2. The maximum Gasteiger partial charge on any atom is 0.301 e. The molecule has 0 saturated carbocycles. The van der Waals surface area contributed by atoms with Gasteiger partial charge < -0.3 is 19.3 Å². The van der Waals surface area contributed by atoms with Crippen LogP contribution in [0.25, 0.3) is 16.0 Å². The molecule has 1 amide bonds. The second kappa shape index (κ2) is 12.8. The third-order valence-corrected chi connectivity index (χ3v) is 7.98. The topological polar surface area (TPSA) is 98.2 Å². The third kappa shape index (κ3) is 6.19. The Labute approximate surface area is 253 Å². The van der Waals surface area contributed by atoms with Gasteiger partial charge in [-0.3, -0.25) is 14.5 Å². The molecule has 4 aromatic rings. The molecule has 1 aliphatic heterocycles. The summed E-state index contributed by atoms with van der Waals surface area (Å²) in [6.45, 7) is 9.27. The largest absolute Gasteiger partial charge is 0.507 e. The molecule has 0 bridgehead atoms. The molecule has 3 aromatic carbocycles. The molecule has 224 valence electrons. The van der Waals surface area contributed by atoms with Crippen molar-refractivity contribution in [2.45, 2.75) is 40.2 Å². The van der Waals surface area contributed by atoms with Gasteiger partial charge in [0.05, 0.1) is 41.7 Å². The van der Waals surface area contributed by atoms with Crippen molar-refractivity contribution in [2.24, 2.45) is 5.92 Å². The molecule has 1 fully saturated rings. The van der Waals surface area contributed by atoms with Crippen molar-refractivity contribution in [2.75, 3.05) is 24.7 Å². The number of benzene rings is 3. The summed E-state index contributed by atoms with van der Waals surface area (Å²) in [7, 11) is 0. The van der Waals surface area contributed by atoms with Gasteiger partial charge in [0.15, 0.2) is 16.6 Å². The summed E-state index contributed by atoms with van der Waals surface area (Å²) >= 11 is 1.09. The Morgan fingerprint density at radius 2 is 1.72 bits per heavy atom. The van der Waals surface area contributed by atoms with E-state index in [0.717, 1.165) is 17.8 Å². The van der Waals surface area contributed by atoms with E-state index in [1.54, 1.807) is 42.5 Å². The molecule has 10 heteroatoms. The Bertz CT molecular complexity index is 1680. The number of Topliss-reactive ketones (excluding diaryl/α,β-unsaturated/α-hetero) is 1. The van der Waals surface area contributed by atoms with E-state index in [4.69, 9.17) is 14.2 Å². The van der Waals surface area contributed by atoms with Crippen LogP contribution in [0.2, 0.25) is 0 Å². The molecular weight excluding hydrogens is 571 g/mol. The number of hydrogen-bond acceptors (Lipinski definition) is 8. The first-order valence-corrected chi connectivity index (χ1v) is 15.0. The van der Waals surface area contributed by atoms with Crippen LogP contribution in [0.3, 0.4) is 0 Å². The molecule has 1 aliphatic rings. The average molecular weight is 605 g/mol. The summed E-state index contributed by atoms with van der Waals surface area (Å²) in [5.41, 5.74) is 1.24. The number of thiazole rings is 1. The van der Waals surface area contributed by atoms with Crippen molar-refractivity contribution in [1.29, 1.82) is 0 Å². The van der Waals surface area contributed by atoms with Crippen molar-refractivity contribution >= 4 is 44.1 Å². The van der Waals surface area contributed by atoms with Crippen LogP contribution in [0.15, 0.2) is 66.2 Å². The number of fused-ring (bicyclic) bond motifs is 1. The zero-order valence-corrected chi connectivity index (χ0v) is 25.2. The van der Waals surface area contributed by atoms with Gasteiger partial charge in [0.1, 0.15) is 17.3 Å². The molecule has 2 heterocycles. The maximum absolute atomic E-state index is 14.0. The molecule has 0 spiro atoms. The number of ketones is 1. The summed E-state index contributed by atoms with van der Waals surface area (Å²) in [6, 6.07) is 14.9. The number of ether oxygens (including phenoxy) is 3. The lowest BCUT2D eigenvalue weighted by Gasteiger charge is -2.24. The van der Waals surface area contributed by atoms with Gasteiger partial charge in [-0.25, -0.2) is 9.37 Å². The Morgan fingerprint density at radius 3 is 2.42 bits per heavy atom. The predicted molar refractivity (Wildman–Crippen MR) is 165 cm³/mol. The summed E-state index contributed by atoms with van der Waals surface area (Å²) in [6.07, 6.45) is 0.855. The first-order chi connectivity index (χ1) is 20.7. The van der Waals surface area contributed by atoms with Crippen molar-refractivity contribution < 1.29 is 33.3 Å².